The van der Waals surface area contributed by atoms with Gasteiger partial charge in [-0.05, 0) is 61.3 Å². The number of aliphatic hydroxyl groups is 1. The molecule has 14 heteroatoms. The van der Waals surface area contributed by atoms with E-state index in [0.29, 0.717) is 25.2 Å². The number of amides is 3. The Kier molecular flexibility index (Phi) is 12.1. The maximum atomic E-state index is 14.1. The summed E-state index contributed by atoms with van der Waals surface area (Å²) >= 11 is 1.53. The highest BCUT2D eigenvalue weighted by Crippen LogP contribution is 2.30. The van der Waals surface area contributed by atoms with Crippen LogP contribution in [0.4, 0.5) is 4.79 Å². The molecule has 2 aliphatic rings. The minimum atomic E-state index is -4.02. The number of aliphatic hydroxyl groups excluding tert-OH is 1. The Labute approximate surface area is 292 Å². The Hall–Kier alpha value is -3.85. The molecule has 0 bridgehead atoms. The van der Waals surface area contributed by atoms with Crippen LogP contribution in [-0.4, -0.2) is 100 Å². The van der Waals surface area contributed by atoms with Gasteiger partial charge in [0, 0.05) is 31.6 Å². The molecular weight excluding hydrogens is 665 g/mol. The Bertz CT molecular complexity index is 1690. The van der Waals surface area contributed by atoms with Crippen LogP contribution in [0.1, 0.15) is 54.9 Å². The van der Waals surface area contributed by atoms with Gasteiger partial charge in [0.15, 0.2) is 0 Å². The quantitative estimate of drug-likeness (QED) is 0.115. The van der Waals surface area contributed by atoms with Crippen molar-refractivity contribution in [2.45, 2.75) is 76.1 Å². The number of hydrogen-bond donors (Lipinski definition) is 3. The second-order valence-corrected chi connectivity index (χ2v) is 16.2. The topological polar surface area (TPSA) is 156 Å². The lowest BCUT2D eigenvalue weighted by Crippen LogP contribution is -2.57. The Morgan fingerprint density at radius 2 is 1.86 bits per heavy atom. The highest BCUT2D eigenvalue weighted by atomic mass is 32.2. The molecule has 3 N–H and O–H groups in total. The Morgan fingerprint density at radius 1 is 1.14 bits per heavy atom. The zero-order chi connectivity index (χ0) is 35.1. The van der Waals surface area contributed by atoms with Crippen molar-refractivity contribution in [1.82, 2.24) is 24.4 Å². The van der Waals surface area contributed by atoms with Crippen LogP contribution in [0.3, 0.4) is 0 Å². The fourth-order valence-corrected chi connectivity index (χ4v) is 8.56. The van der Waals surface area contributed by atoms with Crippen LogP contribution in [0, 0.1) is 18.8 Å². The maximum Gasteiger partial charge on any atom is 0.321 e. The van der Waals surface area contributed by atoms with Gasteiger partial charge in [-0.15, -0.1) is 11.3 Å². The molecule has 1 saturated heterocycles. The third-order valence-corrected chi connectivity index (χ3v) is 11.9. The highest BCUT2D eigenvalue weighted by Gasteiger charge is 2.41. The van der Waals surface area contributed by atoms with Crippen LogP contribution >= 0.6 is 11.3 Å². The first-order chi connectivity index (χ1) is 23.5. The third kappa shape index (κ3) is 9.04. The number of carbonyl (C=O) groups excluding carboxylic acids is 2. The van der Waals surface area contributed by atoms with Gasteiger partial charge in [-0.1, -0.05) is 67.9 Å². The molecule has 5 rings (SSSR count). The number of oxime groups is 1. The summed E-state index contributed by atoms with van der Waals surface area (Å²) in [6.45, 7) is 6.91. The van der Waals surface area contributed by atoms with Crippen LogP contribution < -0.4 is 5.32 Å². The molecule has 2 heterocycles. The summed E-state index contributed by atoms with van der Waals surface area (Å²) in [4.78, 5) is 35.5. The van der Waals surface area contributed by atoms with E-state index in [4.69, 9.17) is 5.21 Å². The molecule has 0 unspecified atom stereocenters. The van der Waals surface area contributed by atoms with E-state index in [0.717, 1.165) is 35.5 Å². The fraction of sp³-hybridized carbons (Fsp3) is 0.486. The van der Waals surface area contributed by atoms with Crippen LogP contribution in [0.15, 0.2) is 70.0 Å². The SMILES string of the molecule is Cc1nc(CN2CCN([C@H](C(=O)N[C@@H](Cc3ccccc3)[C@H](O)CN(CC3CCC3)S(=O)(=O)c3ccc(/C=N/O)cc3)C(C)C)C2=O)cs1. The van der Waals surface area contributed by atoms with Crippen molar-refractivity contribution < 1.29 is 28.3 Å². The van der Waals surface area contributed by atoms with Crippen molar-refractivity contribution >= 4 is 39.5 Å². The molecule has 12 nitrogen and oxygen atoms in total. The lowest BCUT2D eigenvalue weighted by molar-refractivity contribution is -0.128. The molecule has 3 amide bonds. The van der Waals surface area contributed by atoms with Crippen LogP contribution in [0.5, 0.6) is 0 Å². The number of sulfonamides is 1. The van der Waals surface area contributed by atoms with Gasteiger partial charge in [0.05, 0.1) is 40.5 Å². The van der Waals surface area contributed by atoms with Crippen molar-refractivity contribution in [3.8, 4) is 0 Å². The number of aryl methyl sites for hydroxylation is 1. The number of nitrogens with one attached hydrogen (secondary N) is 1. The van der Waals surface area contributed by atoms with Gasteiger partial charge in [0.1, 0.15) is 6.04 Å². The third-order valence-electron chi connectivity index (χ3n) is 9.27. The van der Waals surface area contributed by atoms with E-state index in [1.165, 1.54) is 34.0 Å². The van der Waals surface area contributed by atoms with Gasteiger partial charge in [-0.2, -0.15) is 4.31 Å². The summed E-state index contributed by atoms with van der Waals surface area (Å²) in [5.74, 6) is -0.453. The number of nitrogens with zero attached hydrogens (tertiary/aromatic N) is 5. The van der Waals surface area contributed by atoms with Crippen LogP contribution in [0.2, 0.25) is 0 Å². The van der Waals surface area contributed by atoms with Gasteiger partial charge in [-0.3, -0.25) is 4.79 Å². The Balaban J connectivity index is 1.36. The normalized spacial score (nSPS) is 17.6. The first kappa shape index (κ1) is 36.4. The molecule has 1 aliphatic heterocycles. The van der Waals surface area contributed by atoms with Crippen LogP contribution in [-0.2, 0) is 27.8 Å². The number of benzene rings is 2. The lowest BCUT2D eigenvalue weighted by atomic mass is 9.85. The molecule has 3 aromatic rings. The summed E-state index contributed by atoms with van der Waals surface area (Å²) in [7, 11) is -4.02. The van der Waals surface area contributed by atoms with Gasteiger partial charge < -0.3 is 25.4 Å². The first-order valence-electron chi connectivity index (χ1n) is 16.7. The molecule has 49 heavy (non-hydrogen) atoms. The van der Waals surface area contributed by atoms with Crippen LogP contribution in [0.25, 0.3) is 0 Å². The summed E-state index contributed by atoms with van der Waals surface area (Å²) < 4.78 is 29.3. The van der Waals surface area contributed by atoms with E-state index >= 15 is 0 Å². The average molecular weight is 711 g/mol. The largest absolute Gasteiger partial charge is 0.411 e. The highest BCUT2D eigenvalue weighted by molar-refractivity contribution is 7.89. The van der Waals surface area contributed by atoms with Crippen molar-refractivity contribution in [1.29, 1.82) is 0 Å². The smallest absolute Gasteiger partial charge is 0.321 e. The predicted octanol–water partition coefficient (Wildman–Crippen LogP) is 4.10. The van der Waals surface area contributed by atoms with Gasteiger partial charge >= 0.3 is 6.03 Å². The molecule has 1 saturated carbocycles. The number of rotatable bonds is 16. The zero-order valence-corrected chi connectivity index (χ0v) is 29.8. The number of thiazole rings is 1. The molecule has 0 radical (unpaired) electrons. The summed E-state index contributed by atoms with van der Waals surface area (Å²) in [5.41, 5.74) is 2.21. The number of carbonyl (C=O) groups is 2. The molecule has 2 aromatic carbocycles. The van der Waals surface area contributed by atoms with Gasteiger partial charge in [-0.25, -0.2) is 18.2 Å². The Morgan fingerprint density at radius 3 is 2.45 bits per heavy atom. The van der Waals surface area contributed by atoms with Crippen molar-refractivity contribution in [3.63, 3.8) is 0 Å². The zero-order valence-electron chi connectivity index (χ0n) is 28.2. The van der Waals surface area contributed by atoms with E-state index in [-0.39, 0.29) is 42.3 Å². The number of urea groups is 1. The molecule has 3 atom stereocenters. The van der Waals surface area contributed by atoms with E-state index < -0.39 is 34.1 Å². The van der Waals surface area contributed by atoms with Crippen molar-refractivity contribution in [3.05, 3.63) is 81.8 Å². The number of aromatic nitrogens is 1. The first-order valence-corrected chi connectivity index (χ1v) is 19.0. The van der Waals surface area contributed by atoms with Gasteiger partial charge in [0.25, 0.3) is 0 Å². The fourth-order valence-electron chi connectivity index (χ4n) is 6.42. The minimum Gasteiger partial charge on any atom is -0.411 e. The molecule has 264 valence electrons. The summed E-state index contributed by atoms with van der Waals surface area (Å²) in [6, 6.07) is 13.5. The molecule has 2 fully saturated rings. The molecule has 1 aliphatic carbocycles. The van der Waals surface area contributed by atoms with E-state index in [1.54, 1.807) is 21.9 Å². The summed E-state index contributed by atoms with van der Waals surface area (Å²) in [5, 5.41) is 29.6. The second kappa shape index (κ2) is 16.2. The summed E-state index contributed by atoms with van der Waals surface area (Å²) in [6.07, 6.45) is 3.03. The average Bonchev–Trinajstić information content (AvgIpc) is 3.62. The molecule has 0 spiro atoms. The van der Waals surface area contributed by atoms with Crippen molar-refractivity contribution in [2.24, 2.45) is 17.0 Å². The molecule has 1 aromatic heterocycles. The second-order valence-electron chi connectivity index (χ2n) is 13.2. The van der Waals surface area contributed by atoms with E-state index in [9.17, 15) is 23.1 Å². The van der Waals surface area contributed by atoms with Gasteiger partial charge in [0.2, 0.25) is 15.9 Å². The lowest BCUT2D eigenvalue weighted by Gasteiger charge is -2.36. The van der Waals surface area contributed by atoms with Crippen molar-refractivity contribution in [2.75, 3.05) is 26.2 Å². The number of hydrogen-bond acceptors (Lipinski definition) is 9. The van der Waals surface area contributed by atoms with E-state index in [2.05, 4.69) is 15.5 Å². The minimum absolute atomic E-state index is 0.0579. The monoisotopic (exact) mass is 710 g/mol. The standard InChI is InChI=1S/C35H46N6O6S2/c1-24(2)33(41-17-16-39(35(41)44)21-29-23-48-25(3)37-29)34(43)38-31(18-26-8-5-4-6-9-26)32(42)22-40(20-28-10-7-11-28)49(46,47)30-14-12-27(13-15-30)19-36-45/h4-6,8-9,12-15,19,23-24,28,31-33,42,45H,7,10-11,16-18,20-22H2,1-3H3,(H,38,43)/b36-19+/t31-,32+,33-/m0/s1. The predicted molar refractivity (Wildman–Crippen MR) is 188 cm³/mol. The molecular formula is C35H46N6O6S2. The maximum absolute atomic E-state index is 14.1. The van der Waals surface area contributed by atoms with E-state index in [1.807, 2.05) is 56.5 Å².